The van der Waals surface area contributed by atoms with E-state index in [0.29, 0.717) is 18.5 Å². The third-order valence-corrected chi connectivity index (χ3v) is 8.87. The number of carbonyl (C=O) groups is 2. The Bertz CT molecular complexity index is 1260. The zero-order valence-corrected chi connectivity index (χ0v) is 29.9. The first-order chi connectivity index (χ1) is 18.6. The molecule has 0 bridgehead atoms. The minimum Gasteiger partial charge on any atom is -0.799 e. The van der Waals surface area contributed by atoms with E-state index in [9.17, 15) is 24.2 Å². The number of nitrogens with zero attached hydrogens (tertiary/aromatic N) is 1. The molecule has 0 aromatic heterocycles. The molecule has 1 amide bonds. The van der Waals surface area contributed by atoms with E-state index in [0.717, 1.165) is 29.5 Å². The Morgan fingerprint density at radius 1 is 0.805 bits per heavy atom. The average molecular weight is 594 g/mol. The molecule has 0 spiro atoms. The van der Waals surface area contributed by atoms with Crippen LogP contribution < -0.4 is 74.0 Å². The van der Waals surface area contributed by atoms with Crippen molar-refractivity contribution in [2.45, 2.75) is 52.5 Å². The Kier molecular flexibility index (Phi) is 17.0. The van der Waals surface area contributed by atoms with Crippen LogP contribution in [-0.4, -0.2) is 30.2 Å². The van der Waals surface area contributed by atoms with Crippen molar-refractivity contribution in [2.24, 2.45) is 11.8 Å². The number of unbranched alkanes of at least 4 members (excludes halogenated alkanes) is 1. The number of anilines is 1. The fourth-order valence-electron chi connectivity index (χ4n) is 4.86. The molecule has 0 saturated carbocycles. The molecule has 3 aromatic rings. The van der Waals surface area contributed by atoms with Gasteiger partial charge < -0.3 is 24.3 Å². The van der Waals surface area contributed by atoms with Crippen molar-refractivity contribution < 1.29 is 83.3 Å². The molecule has 0 radical (unpaired) electrons. The predicted octanol–water partition coefficient (Wildman–Crippen LogP) is -0.843. The van der Waals surface area contributed by atoms with Crippen LogP contribution in [0, 0.1) is 11.8 Å². The van der Waals surface area contributed by atoms with Gasteiger partial charge in [0.05, 0.1) is 12.0 Å². The van der Waals surface area contributed by atoms with Gasteiger partial charge in [0.1, 0.15) is 0 Å². The van der Waals surface area contributed by atoms with Gasteiger partial charge in [-0.15, -0.1) is 0 Å². The van der Waals surface area contributed by atoms with Gasteiger partial charge in [0.2, 0.25) is 5.91 Å². The van der Waals surface area contributed by atoms with Crippen LogP contribution in [0.25, 0.3) is 11.1 Å². The molecule has 3 rings (SSSR count). The van der Waals surface area contributed by atoms with Crippen molar-refractivity contribution >= 4 is 24.9 Å². The molecule has 9 heteroatoms. The third-order valence-electron chi connectivity index (χ3n) is 6.88. The summed E-state index contributed by atoms with van der Waals surface area (Å²) < 4.78 is 13.1. The van der Waals surface area contributed by atoms with Gasteiger partial charge in [0, 0.05) is 19.0 Å². The molecular weight excluding hydrogens is 555 g/mol. The molecule has 208 valence electrons. The first kappa shape index (κ1) is 37.8. The van der Waals surface area contributed by atoms with Gasteiger partial charge in [0.15, 0.2) is 0 Å². The molecule has 0 fully saturated rings. The maximum Gasteiger partial charge on any atom is 1.00 e. The molecule has 0 aliphatic rings. The van der Waals surface area contributed by atoms with E-state index in [1.165, 1.54) is 11.8 Å². The standard InChI is InChI=1S/C32H40NO5P.2Na/c1-24(2)22-29(23-39(37,38)21-11-10-14-26-12-6-4-7-13-26)31(34)33(25(3)32(35)36)30-19-17-28(18-20-30)27-15-8-5-9-16-27;;/h4-9,12-13,15-20,24-25,29H,10-11,14,21-23H2,1-3H3,(H,35,36)(H,37,38);;/q;2*+1/p-2/t25-,29?;;/m0../s1. The second-order valence-corrected chi connectivity index (χ2v) is 13.0. The van der Waals surface area contributed by atoms with Crippen molar-refractivity contribution in [3.8, 4) is 11.1 Å². The molecule has 0 aliphatic carbocycles. The molecule has 0 heterocycles. The number of carboxylic acid groups (broad SMARTS) is 1. The quantitative estimate of drug-likeness (QED) is 0.138. The van der Waals surface area contributed by atoms with E-state index in [1.54, 1.807) is 12.1 Å². The Hall–Kier alpha value is -1.21. The number of carbonyl (C=O) groups excluding carboxylic acids is 2. The molecule has 0 aliphatic heterocycles. The summed E-state index contributed by atoms with van der Waals surface area (Å²) in [5.74, 6) is -2.70. The number of hydrogen-bond acceptors (Lipinski definition) is 5. The zero-order valence-electron chi connectivity index (χ0n) is 25.0. The van der Waals surface area contributed by atoms with Crippen LogP contribution in [-0.2, 0) is 20.6 Å². The summed E-state index contributed by atoms with van der Waals surface area (Å²) in [6, 6.07) is 25.4. The Labute approximate surface area is 289 Å². The molecule has 41 heavy (non-hydrogen) atoms. The summed E-state index contributed by atoms with van der Waals surface area (Å²) in [4.78, 5) is 40.1. The summed E-state index contributed by atoms with van der Waals surface area (Å²) in [7, 11) is -3.87. The van der Waals surface area contributed by atoms with Crippen molar-refractivity contribution in [1.82, 2.24) is 0 Å². The third kappa shape index (κ3) is 12.1. The van der Waals surface area contributed by atoms with Crippen molar-refractivity contribution in [3.05, 3.63) is 90.5 Å². The maximum absolute atomic E-state index is 13.8. The van der Waals surface area contributed by atoms with Gasteiger partial charge in [-0.25, -0.2) is 0 Å². The van der Waals surface area contributed by atoms with Crippen molar-refractivity contribution in [3.63, 3.8) is 0 Å². The summed E-state index contributed by atoms with van der Waals surface area (Å²) in [5.41, 5.74) is 3.48. The molecule has 6 nitrogen and oxygen atoms in total. The number of rotatable bonds is 14. The predicted molar refractivity (Wildman–Crippen MR) is 153 cm³/mol. The smallest absolute Gasteiger partial charge is 0.799 e. The fraction of sp³-hybridized carbons (Fsp3) is 0.375. The van der Waals surface area contributed by atoms with E-state index in [4.69, 9.17) is 0 Å². The largest absolute Gasteiger partial charge is 1.00 e. The molecule has 0 saturated heterocycles. The first-order valence-electron chi connectivity index (χ1n) is 13.6. The van der Waals surface area contributed by atoms with Gasteiger partial charge in [0.25, 0.3) is 0 Å². The minimum atomic E-state index is -3.87. The topological polar surface area (TPSA) is 101 Å². The molecule has 3 aromatic carbocycles. The Morgan fingerprint density at radius 2 is 1.34 bits per heavy atom. The van der Waals surface area contributed by atoms with Crippen molar-refractivity contribution in [2.75, 3.05) is 17.2 Å². The first-order valence-corrected chi connectivity index (χ1v) is 15.6. The minimum absolute atomic E-state index is 0. The normalized spacial score (nSPS) is 13.7. The number of aliphatic carboxylic acids is 1. The molecular formula is C32H38NNa2O5P. The van der Waals surface area contributed by atoms with Gasteiger partial charge in [-0.2, -0.15) is 0 Å². The summed E-state index contributed by atoms with van der Waals surface area (Å²) in [6.07, 6.45) is 2.12. The number of carboxylic acids is 1. The van der Waals surface area contributed by atoms with Crippen LogP contribution in [0.2, 0.25) is 0 Å². The van der Waals surface area contributed by atoms with Crippen molar-refractivity contribution in [1.29, 1.82) is 0 Å². The molecule has 0 N–H and O–H groups in total. The fourth-order valence-corrected chi connectivity index (χ4v) is 6.73. The SMILES string of the molecule is CC(C)CC(CP(=O)([O-])CCCCc1ccccc1)C(=O)N(c1ccc(-c2ccccc2)cc1)[C@@H](C)C(=O)[O-].[Na+].[Na+]. The van der Waals surface area contributed by atoms with Crippen LogP contribution in [0.15, 0.2) is 84.9 Å². The van der Waals surface area contributed by atoms with E-state index in [-0.39, 0.29) is 77.4 Å². The zero-order chi connectivity index (χ0) is 28.4. The van der Waals surface area contributed by atoms with Crippen LogP contribution in [0.3, 0.4) is 0 Å². The number of aryl methyl sites for hydroxylation is 1. The summed E-state index contributed by atoms with van der Waals surface area (Å²) in [6.45, 7) is 5.25. The van der Waals surface area contributed by atoms with E-state index < -0.39 is 31.2 Å². The van der Waals surface area contributed by atoms with Crippen LogP contribution in [0.5, 0.6) is 0 Å². The average Bonchev–Trinajstić information content (AvgIpc) is 2.92. The van der Waals surface area contributed by atoms with Gasteiger partial charge in [-0.3, -0.25) is 4.79 Å². The van der Waals surface area contributed by atoms with Crippen LogP contribution >= 0.6 is 7.37 Å². The monoisotopic (exact) mass is 593 g/mol. The second-order valence-electron chi connectivity index (χ2n) is 10.6. The maximum atomic E-state index is 13.8. The van der Waals surface area contributed by atoms with E-state index in [1.807, 2.05) is 86.6 Å². The number of amides is 1. The van der Waals surface area contributed by atoms with Crippen LogP contribution in [0.4, 0.5) is 5.69 Å². The number of hydrogen-bond donors (Lipinski definition) is 0. The van der Waals surface area contributed by atoms with Gasteiger partial charge in [-0.05, 0) is 79.7 Å². The van der Waals surface area contributed by atoms with Gasteiger partial charge >= 0.3 is 59.1 Å². The molecule has 3 atom stereocenters. The van der Waals surface area contributed by atoms with Crippen LogP contribution in [0.1, 0.15) is 45.6 Å². The Morgan fingerprint density at radius 3 is 1.88 bits per heavy atom. The second kappa shape index (κ2) is 18.5. The molecule has 2 unspecified atom stereocenters. The Balaban J connectivity index is 0.00000420. The van der Waals surface area contributed by atoms with E-state index >= 15 is 0 Å². The summed E-state index contributed by atoms with van der Waals surface area (Å²) in [5, 5.41) is 11.9. The van der Waals surface area contributed by atoms with E-state index in [2.05, 4.69) is 0 Å². The summed E-state index contributed by atoms with van der Waals surface area (Å²) >= 11 is 0. The van der Waals surface area contributed by atoms with Gasteiger partial charge in [-0.1, -0.05) is 86.6 Å². The number of benzene rings is 3.